The van der Waals surface area contributed by atoms with Crippen molar-refractivity contribution in [2.75, 3.05) is 5.32 Å². The lowest BCUT2D eigenvalue weighted by molar-refractivity contribution is -0.112. The summed E-state index contributed by atoms with van der Waals surface area (Å²) < 4.78 is 13.4. The molecule has 0 aliphatic rings. The van der Waals surface area contributed by atoms with E-state index < -0.39 is 17.7 Å². The van der Waals surface area contributed by atoms with E-state index >= 15 is 0 Å². The summed E-state index contributed by atoms with van der Waals surface area (Å²) in [5, 5.41) is 20.5. The Balaban J connectivity index is 2.19. The zero-order chi connectivity index (χ0) is 17.7. The molecule has 24 heavy (non-hydrogen) atoms. The Bertz CT molecular complexity index is 870. The Labute approximate surface area is 145 Å². The number of nitrogens with zero attached hydrogens (tertiary/aromatic N) is 1. The summed E-state index contributed by atoms with van der Waals surface area (Å²) in [6, 6.07) is 11.4. The molecule has 2 rings (SSSR count). The van der Waals surface area contributed by atoms with Gasteiger partial charge >= 0.3 is 5.97 Å². The van der Waals surface area contributed by atoms with Gasteiger partial charge < -0.3 is 10.4 Å². The summed E-state index contributed by atoms with van der Waals surface area (Å²) >= 11 is 3.03. The van der Waals surface area contributed by atoms with Crippen molar-refractivity contribution in [2.24, 2.45) is 0 Å². The van der Waals surface area contributed by atoms with Gasteiger partial charge in [-0.25, -0.2) is 9.18 Å². The number of carboxylic acid groups (broad SMARTS) is 1. The molecule has 0 spiro atoms. The van der Waals surface area contributed by atoms with E-state index in [1.165, 1.54) is 48.5 Å². The van der Waals surface area contributed by atoms with E-state index in [9.17, 15) is 14.0 Å². The predicted molar refractivity (Wildman–Crippen MR) is 89.7 cm³/mol. The molecule has 0 unspecified atom stereocenters. The smallest absolute Gasteiger partial charge is 0.335 e. The van der Waals surface area contributed by atoms with Crippen LogP contribution in [0.4, 0.5) is 10.1 Å². The van der Waals surface area contributed by atoms with Crippen molar-refractivity contribution < 1.29 is 19.1 Å². The molecule has 0 saturated heterocycles. The molecule has 7 heteroatoms. The lowest BCUT2D eigenvalue weighted by atomic mass is 10.1. The number of benzene rings is 2. The van der Waals surface area contributed by atoms with Crippen LogP contribution in [-0.4, -0.2) is 17.0 Å². The zero-order valence-corrected chi connectivity index (χ0v) is 13.7. The molecule has 5 nitrogen and oxygen atoms in total. The number of rotatable bonds is 4. The highest BCUT2D eigenvalue weighted by molar-refractivity contribution is 9.10. The summed E-state index contributed by atoms with van der Waals surface area (Å²) in [5.74, 6) is -2.18. The van der Waals surface area contributed by atoms with Gasteiger partial charge in [0.2, 0.25) is 0 Å². The Morgan fingerprint density at radius 2 is 1.88 bits per heavy atom. The largest absolute Gasteiger partial charge is 0.478 e. The van der Waals surface area contributed by atoms with Gasteiger partial charge in [0.05, 0.1) is 10.0 Å². The van der Waals surface area contributed by atoms with Gasteiger partial charge in [-0.1, -0.05) is 6.07 Å². The highest BCUT2D eigenvalue weighted by atomic mass is 79.9. The van der Waals surface area contributed by atoms with Crippen molar-refractivity contribution in [3.63, 3.8) is 0 Å². The van der Waals surface area contributed by atoms with E-state index in [2.05, 4.69) is 21.2 Å². The summed E-state index contributed by atoms with van der Waals surface area (Å²) in [7, 11) is 0. The van der Waals surface area contributed by atoms with E-state index in [0.717, 1.165) is 0 Å². The number of carbonyl (C=O) groups is 2. The molecule has 2 aromatic rings. The lowest BCUT2D eigenvalue weighted by Crippen LogP contribution is -2.13. The predicted octanol–water partition coefficient (Wildman–Crippen LogP) is 3.83. The topological polar surface area (TPSA) is 90.2 Å². The van der Waals surface area contributed by atoms with Crippen LogP contribution in [-0.2, 0) is 4.79 Å². The van der Waals surface area contributed by atoms with E-state index in [-0.39, 0.29) is 15.6 Å². The number of anilines is 1. The van der Waals surface area contributed by atoms with Gasteiger partial charge in [-0.15, -0.1) is 0 Å². The normalized spacial score (nSPS) is 10.8. The van der Waals surface area contributed by atoms with Crippen molar-refractivity contribution in [3.8, 4) is 6.07 Å². The Morgan fingerprint density at radius 1 is 1.21 bits per heavy atom. The fraction of sp³-hybridized carbons (Fsp3) is 0. The zero-order valence-electron chi connectivity index (χ0n) is 12.1. The molecular weight excluding hydrogens is 379 g/mol. The first-order valence-electron chi connectivity index (χ1n) is 6.62. The number of amides is 1. The molecule has 0 saturated carbocycles. The average molecular weight is 389 g/mol. The van der Waals surface area contributed by atoms with Crippen LogP contribution in [0.2, 0.25) is 0 Å². The molecule has 0 fully saturated rings. The van der Waals surface area contributed by atoms with Crippen molar-refractivity contribution >= 4 is 39.6 Å². The molecule has 0 bridgehead atoms. The molecule has 0 radical (unpaired) electrons. The first-order valence-corrected chi connectivity index (χ1v) is 7.41. The first kappa shape index (κ1) is 17.4. The van der Waals surface area contributed by atoms with Crippen LogP contribution in [0.3, 0.4) is 0 Å². The standard InChI is InChI=1S/C17H10BrFN2O3/c18-14-8-10(1-6-15(14)19)7-12(9-20)16(22)21-13-4-2-11(3-5-13)17(23)24/h1-8H,(H,21,22)(H,23,24)/b12-7+. The fourth-order valence-corrected chi connectivity index (χ4v) is 2.21. The third kappa shape index (κ3) is 4.27. The number of carbonyl (C=O) groups excluding carboxylic acids is 1. The first-order chi connectivity index (χ1) is 11.4. The molecule has 0 atom stereocenters. The maximum absolute atomic E-state index is 13.2. The minimum Gasteiger partial charge on any atom is -0.478 e. The molecule has 0 aromatic heterocycles. The maximum atomic E-state index is 13.2. The minimum absolute atomic E-state index is 0.0835. The van der Waals surface area contributed by atoms with Crippen LogP contribution in [0.1, 0.15) is 15.9 Å². The number of halogens is 2. The molecule has 0 heterocycles. The highest BCUT2D eigenvalue weighted by Crippen LogP contribution is 2.19. The van der Waals surface area contributed by atoms with Gasteiger partial charge in [-0.3, -0.25) is 4.79 Å². The van der Waals surface area contributed by atoms with Crippen LogP contribution < -0.4 is 5.32 Å². The third-order valence-electron chi connectivity index (χ3n) is 3.01. The quantitative estimate of drug-likeness (QED) is 0.614. The van der Waals surface area contributed by atoms with Gasteiger partial charge in [0, 0.05) is 5.69 Å². The second-order valence-electron chi connectivity index (χ2n) is 4.68. The minimum atomic E-state index is -1.08. The molecule has 1 amide bonds. The molecule has 0 aliphatic carbocycles. The summed E-state index contributed by atoms with van der Waals surface area (Å²) in [6.45, 7) is 0. The number of hydrogen-bond donors (Lipinski definition) is 2. The molecule has 2 aromatic carbocycles. The molecule has 2 N–H and O–H groups in total. The lowest BCUT2D eigenvalue weighted by Gasteiger charge is -2.05. The SMILES string of the molecule is N#C/C(=C\c1ccc(F)c(Br)c1)C(=O)Nc1ccc(C(=O)O)cc1. The van der Waals surface area contributed by atoms with Crippen LogP contribution in [0.25, 0.3) is 6.08 Å². The molecular formula is C17H10BrFN2O3. The average Bonchev–Trinajstić information content (AvgIpc) is 2.56. The molecule has 120 valence electrons. The fourth-order valence-electron chi connectivity index (χ4n) is 1.81. The summed E-state index contributed by atoms with van der Waals surface area (Å²) in [5.41, 5.74) is 0.749. The maximum Gasteiger partial charge on any atom is 0.335 e. The number of nitriles is 1. The number of nitrogens with one attached hydrogen (secondary N) is 1. The molecule has 0 aliphatic heterocycles. The highest BCUT2D eigenvalue weighted by Gasteiger charge is 2.11. The van der Waals surface area contributed by atoms with Crippen molar-refractivity contribution in [1.29, 1.82) is 5.26 Å². The Hall–Kier alpha value is -2.98. The number of aromatic carboxylic acids is 1. The van der Waals surface area contributed by atoms with Crippen LogP contribution in [0, 0.1) is 17.1 Å². The van der Waals surface area contributed by atoms with Crippen molar-refractivity contribution in [1.82, 2.24) is 0 Å². The summed E-state index contributed by atoms with van der Waals surface area (Å²) in [4.78, 5) is 22.9. The van der Waals surface area contributed by atoms with Crippen LogP contribution in [0.5, 0.6) is 0 Å². The van der Waals surface area contributed by atoms with E-state index in [0.29, 0.717) is 11.3 Å². The monoisotopic (exact) mass is 388 g/mol. The van der Waals surface area contributed by atoms with Crippen molar-refractivity contribution in [3.05, 3.63) is 69.5 Å². The van der Waals surface area contributed by atoms with Crippen LogP contribution in [0.15, 0.2) is 52.5 Å². The van der Waals surface area contributed by atoms with E-state index in [1.54, 1.807) is 6.07 Å². The van der Waals surface area contributed by atoms with Crippen LogP contribution >= 0.6 is 15.9 Å². The Morgan fingerprint density at radius 3 is 2.42 bits per heavy atom. The number of carboxylic acids is 1. The van der Waals surface area contributed by atoms with Gasteiger partial charge in [-0.05, 0) is 64.0 Å². The number of hydrogen-bond acceptors (Lipinski definition) is 3. The Kier molecular flexibility index (Phi) is 5.45. The van der Waals surface area contributed by atoms with E-state index in [1.807, 2.05) is 0 Å². The van der Waals surface area contributed by atoms with Gasteiger partial charge in [-0.2, -0.15) is 5.26 Å². The van der Waals surface area contributed by atoms with Gasteiger partial charge in [0.25, 0.3) is 5.91 Å². The summed E-state index contributed by atoms with van der Waals surface area (Å²) in [6.07, 6.45) is 1.32. The van der Waals surface area contributed by atoms with Crippen molar-refractivity contribution in [2.45, 2.75) is 0 Å². The van der Waals surface area contributed by atoms with Gasteiger partial charge in [0.1, 0.15) is 17.5 Å². The second-order valence-corrected chi connectivity index (χ2v) is 5.53. The second kappa shape index (κ2) is 7.53. The third-order valence-corrected chi connectivity index (χ3v) is 3.62. The van der Waals surface area contributed by atoms with E-state index in [4.69, 9.17) is 10.4 Å². The van der Waals surface area contributed by atoms with Gasteiger partial charge in [0.15, 0.2) is 0 Å².